The van der Waals surface area contributed by atoms with Crippen LogP contribution in [-0.2, 0) is 4.79 Å². The van der Waals surface area contributed by atoms with E-state index in [9.17, 15) is 4.79 Å². The second kappa shape index (κ2) is 6.89. The van der Waals surface area contributed by atoms with E-state index in [4.69, 9.17) is 9.84 Å². The summed E-state index contributed by atoms with van der Waals surface area (Å²) in [5.41, 5.74) is 1.85. The van der Waals surface area contributed by atoms with Crippen LogP contribution in [0.4, 0.5) is 0 Å². The average Bonchev–Trinajstić information content (AvgIpc) is 2.42. The van der Waals surface area contributed by atoms with Crippen molar-refractivity contribution in [3.63, 3.8) is 0 Å². The fraction of sp³-hybridized carbons (Fsp3) is 0.375. The lowest BCUT2D eigenvalue weighted by atomic mass is 10.2. The van der Waals surface area contributed by atoms with Gasteiger partial charge in [-0.3, -0.25) is 4.79 Å². The minimum atomic E-state index is -0.736. The number of pyridine rings is 1. The third kappa shape index (κ3) is 3.95. The van der Waals surface area contributed by atoms with Crippen LogP contribution in [0.3, 0.4) is 0 Å². The van der Waals surface area contributed by atoms with E-state index in [1.54, 1.807) is 0 Å². The fourth-order valence-corrected chi connectivity index (χ4v) is 2.07. The van der Waals surface area contributed by atoms with Gasteiger partial charge in [0.25, 0.3) is 0 Å². The van der Waals surface area contributed by atoms with Gasteiger partial charge >= 0.3 is 5.97 Å². The van der Waals surface area contributed by atoms with Gasteiger partial charge in [-0.1, -0.05) is 18.2 Å². The second-order valence-corrected chi connectivity index (χ2v) is 4.83. The smallest absolute Gasteiger partial charge is 0.303 e. The van der Waals surface area contributed by atoms with Crippen LogP contribution < -0.4 is 4.74 Å². The SMILES string of the molecule is Cc1ccc2cccc(OCCCCCC(=O)O)c2n1. The number of unbranched alkanes of at least 4 members (excludes halogenated alkanes) is 2. The first-order valence-electron chi connectivity index (χ1n) is 6.88. The Balaban J connectivity index is 1.90. The van der Waals surface area contributed by atoms with E-state index in [1.807, 2.05) is 37.3 Å². The van der Waals surface area contributed by atoms with Crippen LogP contribution in [-0.4, -0.2) is 22.7 Å². The van der Waals surface area contributed by atoms with Gasteiger partial charge in [-0.2, -0.15) is 0 Å². The number of aromatic nitrogens is 1. The number of carboxylic acid groups (broad SMARTS) is 1. The van der Waals surface area contributed by atoms with Gasteiger partial charge in [0, 0.05) is 17.5 Å². The van der Waals surface area contributed by atoms with Crippen molar-refractivity contribution in [2.45, 2.75) is 32.6 Å². The molecule has 0 aliphatic rings. The summed E-state index contributed by atoms with van der Waals surface area (Å²) >= 11 is 0. The van der Waals surface area contributed by atoms with E-state index in [0.717, 1.165) is 35.2 Å². The number of para-hydroxylation sites is 1. The van der Waals surface area contributed by atoms with Gasteiger partial charge in [-0.25, -0.2) is 4.98 Å². The van der Waals surface area contributed by atoms with Gasteiger partial charge in [-0.05, 0) is 38.3 Å². The molecule has 0 unspecified atom stereocenters. The van der Waals surface area contributed by atoms with Crippen molar-refractivity contribution in [1.82, 2.24) is 4.98 Å². The molecule has 1 aromatic carbocycles. The van der Waals surface area contributed by atoms with Crippen molar-refractivity contribution < 1.29 is 14.6 Å². The van der Waals surface area contributed by atoms with Crippen molar-refractivity contribution in [2.24, 2.45) is 0 Å². The molecule has 0 amide bonds. The van der Waals surface area contributed by atoms with E-state index in [-0.39, 0.29) is 6.42 Å². The summed E-state index contributed by atoms with van der Waals surface area (Å²) < 4.78 is 5.77. The highest BCUT2D eigenvalue weighted by atomic mass is 16.5. The van der Waals surface area contributed by atoms with Crippen molar-refractivity contribution in [3.05, 3.63) is 36.0 Å². The van der Waals surface area contributed by atoms with Crippen LogP contribution in [0.1, 0.15) is 31.4 Å². The Morgan fingerprint density at radius 2 is 2.05 bits per heavy atom. The molecule has 4 heteroatoms. The normalized spacial score (nSPS) is 10.7. The maximum absolute atomic E-state index is 10.4. The quantitative estimate of drug-likeness (QED) is 0.783. The molecule has 1 aromatic heterocycles. The van der Waals surface area contributed by atoms with Crippen molar-refractivity contribution in [2.75, 3.05) is 6.61 Å². The van der Waals surface area contributed by atoms with E-state index < -0.39 is 5.97 Å². The number of rotatable bonds is 7. The molecule has 0 saturated heterocycles. The lowest BCUT2D eigenvalue weighted by Crippen LogP contribution is -2.00. The van der Waals surface area contributed by atoms with Crippen LogP contribution in [0.5, 0.6) is 5.75 Å². The van der Waals surface area contributed by atoms with Gasteiger partial charge in [0.05, 0.1) is 6.61 Å². The van der Waals surface area contributed by atoms with Crippen LogP contribution in [0.2, 0.25) is 0 Å². The molecule has 1 heterocycles. The van der Waals surface area contributed by atoms with Crippen LogP contribution in [0, 0.1) is 6.92 Å². The van der Waals surface area contributed by atoms with Crippen LogP contribution in [0.25, 0.3) is 10.9 Å². The molecule has 20 heavy (non-hydrogen) atoms. The highest BCUT2D eigenvalue weighted by molar-refractivity contribution is 5.84. The number of carbonyl (C=O) groups is 1. The number of fused-ring (bicyclic) bond motifs is 1. The molecule has 2 aromatic rings. The Morgan fingerprint density at radius 3 is 2.85 bits per heavy atom. The Hall–Kier alpha value is -2.10. The van der Waals surface area contributed by atoms with E-state index >= 15 is 0 Å². The largest absolute Gasteiger partial charge is 0.491 e. The molecule has 0 fully saturated rings. The number of ether oxygens (including phenoxy) is 1. The number of carboxylic acids is 1. The zero-order valence-corrected chi connectivity index (χ0v) is 11.6. The molecular formula is C16H19NO3. The number of aryl methyl sites for hydroxylation is 1. The number of benzene rings is 1. The van der Waals surface area contributed by atoms with E-state index in [2.05, 4.69) is 4.98 Å². The number of nitrogens with zero attached hydrogens (tertiary/aromatic N) is 1. The lowest BCUT2D eigenvalue weighted by Gasteiger charge is -2.09. The molecule has 0 aliphatic heterocycles. The van der Waals surface area contributed by atoms with Gasteiger partial charge < -0.3 is 9.84 Å². The molecule has 0 bridgehead atoms. The minimum absolute atomic E-state index is 0.231. The Kier molecular flexibility index (Phi) is 4.93. The second-order valence-electron chi connectivity index (χ2n) is 4.83. The number of aliphatic carboxylic acids is 1. The van der Waals surface area contributed by atoms with Crippen molar-refractivity contribution >= 4 is 16.9 Å². The molecule has 2 rings (SSSR count). The fourth-order valence-electron chi connectivity index (χ4n) is 2.07. The highest BCUT2D eigenvalue weighted by Crippen LogP contribution is 2.24. The summed E-state index contributed by atoms with van der Waals surface area (Å²) in [7, 11) is 0. The summed E-state index contributed by atoms with van der Waals surface area (Å²) in [6.45, 7) is 2.55. The third-order valence-electron chi connectivity index (χ3n) is 3.12. The maximum atomic E-state index is 10.4. The van der Waals surface area contributed by atoms with Crippen LogP contribution >= 0.6 is 0 Å². The maximum Gasteiger partial charge on any atom is 0.303 e. The van der Waals surface area contributed by atoms with E-state index in [0.29, 0.717) is 13.0 Å². The molecular weight excluding hydrogens is 254 g/mol. The first kappa shape index (κ1) is 14.3. The Labute approximate surface area is 118 Å². The van der Waals surface area contributed by atoms with E-state index in [1.165, 1.54) is 0 Å². The first-order valence-corrected chi connectivity index (χ1v) is 6.88. The van der Waals surface area contributed by atoms with Gasteiger partial charge in [0.2, 0.25) is 0 Å². The molecule has 0 spiro atoms. The molecule has 0 radical (unpaired) electrons. The van der Waals surface area contributed by atoms with Gasteiger partial charge in [-0.15, -0.1) is 0 Å². The lowest BCUT2D eigenvalue weighted by molar-refractivity contribution is -0.137. The highest BCUT2D eigenvalue weighted by Gasteiger charge is 2.04. The summed E-state index contributed by atoms with van der Waals surface area (Å²) in [6, 6.07) is 9.92. The molecule has 0 saturated carbocycles. The summed E-state index contributed by atoms with van der Waals surface area (Å²) in [4.78, 5) is 14.9. The third-order valence-corrected chi connectivity index (χ3v) is 3.12. The minimum Gasteiger partial charge on any atom is -0.491 e. The zero-order valence-electron chi connectivity index (χ0n) is 11.6. The van der Waals surface area contributed by atoms with Crippen molar-refractivity contribution in [3.8, 4) is 5.75 Å². The summed E-state index contributed by atoms with van der Waals surface area (Å²) in [6.07, 6.45) is 2.65. The van der Waals surface area contributed by atoms with Gasteiger partial charge in [0.15, 0.2) is 0 Å². The number of hydrogen-bond acceptors (Lipinski definition) is 3. The predicted molar refractivity (Wildman–Crippen MR) is 78.1 cm³/mol. The molecule has 0 aliphatic carbocycles. The summed E-state index contributed by atoms with van der Waals surface area (Å²) in [5.74, 6) is 0.0593. The van der Waals surface area contributed by atoms with Crippen molar-refractivity contribution in [1.29, 1.82) is 0 Å². The Morgan fingerprint density at radius 1 is 1.20 bits per heavy atom. The van der Waals surface area contributed by atoms with Gasteiger partial charge in [0.1, 0.15) is 11.3 Å². The molecule has 106 valence electrons. The molecule has 4 nitrogen and oxygen atoms in total. The standard InChI is InChI=1S/C16H19NO3/c1-12-9-10-13-6-5-7-14(16(13)17-12)20-11-4-2-3-8-15(18)19/h5-7,9-10H,2-4,8,11H2,1H3,(H,18,19). The molecule has 0 atom stereocenters. The average molecular weight is 273 g/mol. The topological polar surface area (TPSA) is 59.4 Å². The molecule has 1 N–H and O–H groups in total. The Bertz CT molecular complexity index is 595. The number of hydrogen-bond donors (Lipinski definition) is 1. The monoisotopic (exact) mass is 273 g/mol. The van der Waals surface area contributed by atoms with Crippen LogP contribution in [0.15, 0.2) is 30.3 Å². The zero-order chi connectivity index (χ0) is 14.4. The summed E-state index contributed by atoms with van der Waals surface area (Å²) in [5, 5.41) is 9.62. The predicted octanol–water partition coefficient (Wildman–Crippen LogP) is 3.57. The first-order chi connectivity index (χ1) is 9.66.